The van der Waals surface area contributed by atoms with Gasteiger partial charge in [0.25, 0.3) is 5.56 Å². The number of benzene rings is 1. The summed E-state index contributed by atoms with van der Waals surface area (Å²) in [5, 5.41) is 3.36. The van der Waals surface area contributed by atoms with Gasteiger partial charge in [0, 0.05) is 29.1 Å². The number of thiophene rings is 1. The number of likely N-dealkylation sites (tertiary alicyclic amines) is 1. The van der Waals surface area contributed by atoms with Crippen molar-refractivity contribution in [2.24, 2.45) is 11.8 Å². The summed E-state index contributed by atoms with van der Waals surface area (Å²) in [5.74, 6) is 2.13. The van der Waals surface area contributed by atoms with E-state index in [2.05, 4.69) is 23.7 Å². The Bertz CT molecular complexity index is 969. The largest absolute Gasteiger partial charge is 0.309 e. The van der Waals surface area contributed by atoms with Gasteiger partial charge in [0.2, 0.25) is 0 Å². The summed E-state index contributed by atoms with van der Waals surface area (Å²) in [4.78, 5) is 23.7. The molecule has 26 heavy (non-hydrogen) atoms. The highest BCUT2D eigenvalue weighted by Gasteiger charge is 2.23. The van der Waals surface area contributed by atoms with Crippen LogP contribution in [0.1, 0.15) is 26.1 Å². The van der Waals surface area contributed by atoms with Crippen LogP contribution in [0.4, 0.5) is 0 Å². The van der Waals surface area contributed by atoms with Crippen molar-refractivity contribution in [3.63, 3.8) is 0 Å². The molecule has 2 atom stereocenters. The molecular weight excluding hydrogens is 366 g/mol. The first-order valence-electron chi connectivity index (χ1n) is 8.98. The molecule has 1 aliphatic rings. The number of aromatic amines is 1. The Morgan fingerprint density at radius 2 is 1.92 bits per heavy atom. The fourth-order valence-electron chi connectivity index (χ4n) is 4.04. The van der Waals surface area contributed by atoms with Crippen LogP contribution in [-0.2, 0) is 6.54 Å². The summed E-state index contributed by atoms with van der Waals surface area (Å²) >= 11 is 7.50. The molecule has 1 aromatic carbocycles. The van der Waals surface area contributed by atoms with Gasteiger partial charge in [0.1, 0.15) is 10.7 Å². The number of hydrogen-bond donors (Lipinski definition) is 1. The molecule has 4 rings (SSSR count). The van der Waals surface area contributed by atoms with Gasteiger partial charge < -0.3 is 4.98 Å². The Hall–Kier alpha value is -1.69. The van der Waals surface area contributed by atoms with E-state index >= 15 is 0 Å². The lowest BCUT2D eigenvalue weighted by molar-refractivity contribution is 0.131. The molecule has 0 radical (unpaired) electrons. The molecule has 136 valence electrons. The second-order valence-corrected chi connectivity index (χ2v) is 8.78. The average molecular weight is 388 g/mol. The number of hydrogen-bond acceptors (Lipinski definition) is 4. The molecule has 0 saturated carbocycles. The predicted octanol–water partition coefficient (Wildman–Crippen LogP) is 4.78. The van der Waals surface area contributed by atoms with E-state index in [1.165, 1.54) is 17.8 Å². The smallest absolute Gasteiger partial charge is 0.260 e. The fraction of sp³-hybridized carbons (Fsp3) is 0.400. The molecule has 6 heteroatoms. The minimum Gasteiger partial charge on any atom is -0.309 e. The van der Waals surface area contributed by atoms with Crippen LogP contribution in [0.5, 0.6) is 0 Å². The number of H-pyrrole nitrogens is 1. The van der Waals surface area contributed by atoms with E-state index in [9.17, 15) is 4.79 Å². The maximum atomic E-state index is 12.8. The first-order chi connectivity index (χ1) is 12.5. The van der Waals surface area contributed by atoms with Crippen LogP contribution in [0.3, 0.4) is 0 Å². The van der Waals surface area contributed by atoms with Crippen LogP contribution < -0.4 is 5.56 Å². The average Bonchev–Trinajstić information content (AvgIpc) is 2.99. The van der Waals surface area contributed by atoms with Crippen LogP contribution in [0.15, 0.2) is 34.4 Å². The maximum Gasteiger partial charge on any atom is 0.260 e. The number of piperidine rings is 1. The molecule has 0 bridgehead atoms. The second-order valence-electron chi connectivity index (χ2n) is 7.49. The third-order valence-corrected chi connectivity index (χ3v) is 6.09. The van der Waals surface area contributed by atoms with Crippen LogP contribution in [0, 0.1) is 11.8 Å². The fourth-order valence-corrected chi connectivity index (χ4v) is 5.14. The highest BCUT2D eigenvalue weighted by atomic mass is 35.5. The van der Waals surface area contributed by atoms with E-state index in [1.807, 2.05) is 29.6 Å². The SMILES string of the molecule is C[C@H]1C[C@H](C)CN(Cc2nc3scc(-c4ccc(Cl)cc4)c3c(=O)[nH]2)C1. The van der Waals surface area contributed by atoms with E-state index in [-0.39, 0.29) is 5.56 Å². The standard InChI is InChI=1S/C20H22ClN3OS/c1-12-7-13(2)9-24(8-12)10-17-22-19(25)18-16(11-26-20(18)23-17)14-3-5-15(21)6-4-14/h3-6,11-13H,7-10H2,1-2H3,(H,22,23,25)/t12-,13-/m0/s1. The molecular formula is C20H22ClN3OS. The van der Waals surface area contributed by atoms with Gasteiger partial charge in [-0.3, -0.25) is 9.69 Å². The zero-order valence-corrected chi connectivity index (χ0v) is 16.5. The normalized spacial score (nSPS) is 21.3. The molecule has 1 aliphatic heterocycles. The third kappa shape index (κ3) is 3.56. The van der Waals surface area contributed by atoms with Gasteiger partial charge in [-0.2, -0.15) is 0 Å². The van der Waals surface area contributed by atoms with Gasteiger partial charge in [-0.25, -0.2) is 4.98 Å². The van der Waals surface area contributed by atoms with Crippen molar-refractivity contribution < 1.29 is 0 Å². The molecule has 0 amide bonds. The number of fused-ring (bicyclic) bond motifs is 1. The van der Waals surface area contributed by atoms with E-state index in [0.717, 1.165) is 34.9 Å². The summed E-state index contributed by atoms with van der Waals surface area (Å²) in [6, 6.07) is 7.56. The Balaban J connectivity index is 1.66. The molecule has 0 aliphatic carbocycles. The molecule has 0 unspecified atom stereocenters. The molecule has 0 spiro atoms. The minimum absolute atomic E-state index is 0.0608. The number of halogens is 1. The van der Waals surface area contributed by atoms with Crippen LogP contribution >= 0.6 is 22.9 Å². The van der Waals surface area contributed by atoms with Gasteiger partial charge in [0.05, 0.1) is 11.9 Å². The Morgan fingerprint density at radius 3 is 2.62 bits per heavy atom. The Kier molecular flexibility index (Phi) is 4.86. The number of rotatable bonds is 3. The lowest BCUT2D eigenvalue weighted by atomic mass is 9.92. The van der Waals surface area contributed by atoms with Crippen molar-refractivity contribution in [1.29, 1.82) is 0 Å². The van der Waals surface area contributed by atoms with Gasteiger partial charge in [0.15, 0.2) is 0 Å². The lowest BCUT2D eigenvalue weighted by Gasteiger charge is -2.34. The van der Waals surface area contributed by atoms with E-state index in [0.29, 0.717) is 28.8 Å². The van der Waals surface area contributed by atoms with Crippen molar-refractivity contribution in [1.82, 2.24) is 14.9 Å². The topological polar surface area (TPSA) is 49.0 Å². The van der Waals surface area contributed by atoms with Gasteiger partial charge >= 0.3 is 0 Å². The summed E-state index contributed by atoms with van der Waals surface area (Å²) in [6.45, 7) is 7.41. The third-order valence-electron chi connectivity index (χ3n) is 4.97. The van der Waals surface area contributed by atoms with Crippen LogP contribution in [0.25, 0.3) is 21.3 Å². The molecule has 4 nitrogen and oxygen atoms in total. The van der Waals surface area contributed by atoms with Crippen molar-refractivity contribution in [2.45, 2.75) is 26.8 Å². The molecule has 1 saturated heterocycles. The molecule has 3 heterocycles. The monoisotopic (exact) mass is 387 g/mol. The highest BCUT2D eigenvalue weighted by Crippen LogP contribution is 2.31. The van der Waals surface area contributed by atoms with Crippen molar-refractivity contribution >= 4 is 33.2 Å². The van der Waals surface area contributed by atoms with Crippen molar-refractivity contribution in [3.05, 3.63) is 50.8 Å². The maximum absolute atomic E-state index is 12.8. The van der Waals surface area contributed by atoms with Crippen LogP contribution in [-0.4, -0.2) is 28.0 Å². The zero-order chi connectivity index (χ0) is 18.3. The van der Waals surface area contributed by atoms with E-state index in [1.54, 1.807) is 0 Å². The van der Waals surface area contributed by atoms with Gasteiger partial charge in [-0.15, -0.1) is 11.3 Å². The quantitative estimate of drug-likeness (QED) is 0.703. The Labute approximate surface area is 161 Å². The highest BCUT2D eigenvalue weighted by molar-refractivity contribution is 7.17. The molecule has 3 aromatic rings. The summed E-state index contributed by atoms with van der Waals surface area (Å²) in [5.41, 5.74) is 1.84. The number of aromatic nitrogens is 2. The molecule has 2 aromatic heterocycles. The number of nitrogens with zero attached hydrogens (tertiary/aromatic N) is 2. The van der Waals surface area contributed by atoms with Crippen LogP contribution in [0.2, 0.25) is 5.02 Å². The molecule has 1 N–H and O–H groups in total. The number of nitrogens with one attached hydrogen (secondary N) is 1. The summed E-state index contributed by atoms with van der Waals surface area (Å²) in [7, 11) is 0. The van der Waals surface area contributed by atoms with Crippen molar-refractivity contribution in [3.8, 4) is 11.1 Å². The van der Waals surface area contributed by atoms with Gasteiger partial charge in [-0.1, -0.05) is 37.6 Å². The summed E-state index contributed by atoms with van der Waals surface area (Å²) < 4.78 is 0. The Morgan fingerprint density at radius 1 is 1.23 bits per heavy atom. The molecule has 1 fully saturated rings. The van der Waals surface area contributed by atoms with E-state index in [4.69, 9.17) is 16.6 Å². The van der Waals surface area contributed by atoms with E-state index < -0.39 is 0 Å². The zero-order valence-electron chi connectivity index (χ0n) is 15.0. The predicted molar refractivity (Wildman–Crippen MR) is 109 cm³/mol. The second kappa shape index (κ2) is 7.14. The summed E-state index contributed by atoms with van der Waals surface area (Å²) in [6.07, 6.45) is 1.27. The van der Waals surface area contributed by atoms with Gasteiger partial charge in [-0.05, 0) is 36.0 Å². The lowest BCUT2D eigenvalue weighted by Crippen LogP contribution is -2.38. The first-order valence-corrected chi connectivity index (χ1v) is 10.2. The minimum atomic E-state index is -0.0608. The van der Waals surface area contributed by atoms with Crippen molar-refractivity contribution in [2.75, 3.05) is 13.1 Å². The first kappa shape index (κ1) is 17.7.